The van der Waals surface area contributed by atoms with E-state index in [1.54, 1.807) is 0 Å². The Hall–Kier alpha value is -2.10. The Bertz CT molecular complexity index is 563. The van der Waals surface area contributed by atoms with E-state index in [1.807, 2.05) is 49.4 Å². The van der Waals surface area contributed by atoms with Crippen molar-refractivity contribution in [1.29, 1.82) is 0 Å². The maximum Gasteiger partial charge on any atom is 0.325 e. The standard InChI is InChI=1S/C16H18N2O2/c1-16(13-9-10-13)14(19)18(15(20)17-16)11-5-8-12-6-3-2-4-7-12/h2-8,13H,9-11H2,1H3,(H,17,20)/b8-5+. The molecule has 20 heavy (non-hydrogen) atoms. The van der Waals surface area contributed by atoms with Crippen LogP contribution in [0.15, 0.2) is 36.4 Å². The van der Waals surface area contributed by atoms with Crippen molar-refractivity contribution in [2.24, 2.45) is 5.92 Å². The summed E-state index contributed by atoms with van der Waals surface area (Å²) in [5.41, 5.74) is 0.377. The van der Waals surface area contributed by atoms with E-state index in [9.17, 15) is 9.59 Å². The van der Waals surface area contributed by atoms with Crippen LogP contribution in [0.1, 0.15) is 25.3 Å². The van der Waals surface area contributed by atoms with Gasteiger partial charge in [0, 0.05) is 6.54 Å². The fourth-order valence-electron chi connectivity index (χ4n) is 2.68. The van der Waals surface area contributed by atoms with Crippen LogP contribution in [0.5, 0.6) is 0 Å². The summed E-state index contributed by atoms with van der Waals surface area (Å²) in [5, 5.41) is 2.84. The molecular formula is C16H18N2O2. The Balaban J connectivity index is 1.67. The van der Waals surface area contributed by atoms with E-state index in [0.29, 0.717) is 12.5 Å². The number of hydrogen-bond donors (Lipinski definition) is 1. The molecule has 3 amide bonds. The van der Waals surface area contributed by atoms with Crippen molar-refractivity contribution < 1.29 is 9.59 Å². The van der Waals surface area contributed by atoms with E-state index < -0.39 is 5.54 Å². The molecule has 1 heterocycles. The number of nitrogens with one attached hydrogen (secondary N) is 1. The molecule has 1 saturated heterocycles. The van der Waals surface area contributed by atoms with Crippen molar-refractivity contribution >= 4 is 18.0 Å². The van der Waals surface area contributed by atoms with Gasteiger partial charge in [-0.2, -0.15) is 0 Å². The lowest BCUT2D eigenvalue weighted by molar-refractivity contribution is -0.131. The minimum Gasteiger partial charge on any atom is -0.323 e. The molecule has 1 aliphatic carbocycles. The fourth-order valence-corrected chi connectivity index (χ4v) is 2.68. The topological polar surface area (TPSA) is 49.4 Å². The van der Waals surface area contributed by atoms with Crippen molar-refractivity contribution in [1.82, 2.24) is 10.2 Å². The number of benzene rings is 1. The molecule has 0 radical (unpaired) electrons. The van der Waals surface area contributed by atoms with Gasteiger partial charge >= 0.3 is 6.03 Å². The molecule has 0 aromatic heterocycles. The first-order chi connectivity index (χ1) is 9.61. The number of urea groups is 1. The van der Waals surface area contributed by atoms with Crippen LogP contribution in [0.2, 0.25) is 0 Å². The largest absolute Gasteiger partial charge is 0.325 e. The van der Waals surface area contributed by atoms with Gasteiger partial charge in [0.15, 0.2) is 0 Å². The summed E-state index contributed by atoms with van der Waals surface area (Å²) in [5.74, 6) is 0.213. The lowest BCUT2D eigenvalue weighted by Gasteiger charge is -2.20. The van der Waals surface area contributed by atoms with Crippen molar-refractivity contribution in [2.75, 3.05) is 6.54 Å². The number of rotatable bonds is 4. The van der Waals surface area contributed by atoms with Gasteiger partial charge in [0.05, 0.1) is 0 Å². The molecule has 1 saturated carbocycles. The van der Waals surface area contributed by atoms with Crippen LogP contribution < -0.4 is 5.32 Å². The molecule has 1 atom stereocenters. The molecule has 4 heteroatoms. The second kappa shape index (κ2) is 4.78. The smallest absolute Gasteiger partial charge is 0.323 e. The van der Waals surface area contributed by atoms with Crippen LogP contribution in [0.25, 0.3) is 6.08 Å². The molecule has 3 rings (SSSR count). The molecule has 1 aromatic rings. The van der Waals surface area contributed by atoms with E-state index in [0.717, 1.165) is 18.4 Å². The average molecular weight is 270 g/mol. The molecule has 2 aliphatic rings. The van der Waals surface area contributed by atoms with Gasteiger partial charge in [0.25, 0.3) is 5.91 Å². The second-order valence-corrected chi connectivity index (χ2v) is 5.64. The van der Waals surface area contributed by atoms with Gasteiger partial charge < -0.3 is 5.32 Å². The monoisotopic (exact) mass is 270 g/mol. The molecule has 0 spiro atoms. The lowest BCUT2D eigenvalue weighted by atomic mass is 9.96. The van der Waals surface area contributed by atoms with E-state index in [4.69, 9.17) is 0 Å². The lowest BCUT2D eigenvalue weighted by Crippen LogP contribution is -2.46. The normalized spacial score (nSPS) is 26.4. The van der Waals surface area contributed by atoms with Gasteiger partial charge in [-0.15, -0.1) is 0 Å². The molecule has 0 bridgehead atoms. The molecule has 1 aromatic carbocycles. The first-order valence-corrected chi connectivity index (χ1v) is 6.97. The van der Waals surface area contributed by atoms with E-state index in [-0.39, 0.29) is 11.9 Å². The van der Waals surface area contributed by atoms with E-state index in [1.165, 1.54) is 4.90 Å². The Morgan fingerprint density at radius 1 is 1.30 bits per heavy atom. The third-order valence-electron chi connectivity index (χ3n) is 4.09. The number of amides is 3. The van der Waals surface area contributed by atoms with Crippen molar-refractivity contribution in [3.63, 3.8) is 0 Å². The zero-order chi connectivity index (χ0) is 14.2. The SMILES string of the molecule is CC1(C2CC2)NC(=O)N(C/C=C/c2ccccc2)C1=O. The summed E-state index contributed by atoms with van der Waals surface area (Å²) in [7, 11) is 0. The third kappa shape index (κ3) is 2.22. The molecule has 2 fully saturated rings. The van der Waals surface area contributed by atoms with Crippen molar-refractivity contribution in [3.8, 4) is 0 Å². The summed E-state index contributed by atoms with van der Waals surface area (Å²) in [6.45, 7) is 2.16. The molecule has 104 valence electrons. The Morgan fingerprint density at radius 2 is 2.00 bits per heavy atom. The maximum atomic E-state index is 12.4. The van der Waals surface area contributed by atoms with Gasteiger partial charge in [-0.25, -0.2) is 4.79 Å². The highest BCUT2D eigenvalue weighted by Crippen LogP contribution is 2.42. The van der Waals surface area contributed by atoms with E-state index in [2.05, 4.69) is 5.32 Å². The quantitative estimate of drug-likeness (QED) is 0.854. The van der Waals surface area contributed by atoms with Gasteiger partial charge in [0.1, 0.15) is 5.54 Å². The van der Waals surface area contributed by atoms with Gasteiger partial charge in [-0.05, 0) is 31.2 Å². The minimum atomic E-state index is -0.683. The van der Waals surface area contributed by atoms with Gasteiger partial charge in [-0.1, -0.05) is 42.5 Å². The molecule has 4 nitrogen and oxygen atoms in total. The first kappa shape index (κ1) is 12.9. The zero-order valence-electron chi connectivity index (χ0n) is 11.5. The second-order valence-electron chi connectivity index (χ2n) is 5.64. The number of imide groups is 1. The highest BCUT2D eigenvalue weighted by atomic mass is 16.2. The summed E-state index contributed by atoms with van der Waals surface area (Å²) in [6.07, 6.45) is 5.82. The van der Waals surface area contributed by atoms with Crippen LogP contribution in [-0.2, 0) is 4.79 Å². The number of carbonyl (C=O) groups excluding carboxylic acids is 2. The van der Waals surface area contributed by atoms with Gasteiger partial charge in [0.2, 0.25) is 0 Å². The van der Waals surface area contributed by atoms with Crippen molar-refractivity contribution in [3.05, 3.63) is 42.0 Å². The number of hydrogen-bond acceptors (Lipinski definition) is 2. The average Bonchev–Trinajstić information content (AvgIpc) is 3.25. The highest BCUT2D eigenvalue weighted by Gasteiger charge is 2.55. The summed E-state index contributed by atoms with van der Waals surface area (Å²) >= 11 is 0. The van der Waals surface area contributed by atoms with Gasteiger partial charge in [-0.3, -0.25) is 9.69 Å². The predicted octanol–water partition coefficient (Wildman–Crippen LogP) is 2.42. The maximum absolute atomic E-state index is 12.4. The Morgan fingerprint density at radius 3 is 2.65 bits per heavy atom. The minimum absolute atomic E-state index is 0.0947. The highest BCUT2D eigenvalue weighted by molar-refractivity contribution is 6.07. The van der Waals surface area contributed by atoms with Crippen LogP contribution >= 0.6 is 0 Å². The summed E-state index contributed by atoms with van der Waals surface area (Å²) in [4.78, 5) is 25.6. The van der Waals surface area contributed by atoms with Crippen molar-refractivity contribution in [2.45, 2.75) is 25.3 Å². The van der Waals surface area contributed by atoms with Crippen LogP contribution in [0.4, 0.5) is 4.79 Å². The number of nitrogens with zero attached hydrogens (tertiary/aromatic N) is 1. The van der Waals surface area contributed by atoms with E-state index >= 15 is 0 Å². The number of carbonyl (C=O) groups is 2. The summed E-state index contributed by atoms with van der Waals surface area (Å²) < 4.78 is 0. The predicted molar refractivity (Wildman–Crippen MR) is 76.8 cm³/mol. The Labute approximate surface area is 118 Å². The fraction of sp³-hybridized carbons (Fsp3) is 0.375. The summed E-state index contributed by atoms with van der Waals surface area (Å²) in [6, 6.07) is 9.56. The van der Waals surface area contributed by atoms with Crippen LogP contribution in [0.3, 0.4) is 0 Å². The zero-order valence-corrected chi connectivity index (χ0v) is 11.5. The molecule has 1 unspecified atom stereocenters. The molecular weight excluding hydrogens is 252 g/mol. The first-order valence-electron chi connectivity index (χ1n) is 6.97. The third-order valence-corrected chi connectivity index (χ3v) is 4.09. The Kier molecular flexibility index (Phi) is 3.08. The van der Waals surface area contributed by atoms with Crippen LogP contribution in [0, 0.1) is 5.92 Å². The molecule has 1 N–H and O–H groups in total. The van der Waals surface area contributed by atoms with Crippen LogP contribution in [-0.4, -0.2) is 28.9 Å². The molecule has 1 aliphatic heterocycles.